The highest BCUT2D eigenvalue weighted by molar-refractivity contribution is 5.79. The third-order valence-corrected chi connectivity index (χ3v) is 4.35. The van der Waals surface area contributed by atoms with E-state index in [9.17, 15) is 14.3 Å². The molecule has 0 aliphatic carbocycles. The van der Waals surface area contributed by atoms with E-state index < -0.39 is 6.10 Å². The minimum atomic E-state index is -0.543. The first-order valence-electron chi connectivity index (χ1n) is 7.92. The third-order valence-electron chi connectivity index (χ3n) is 4.35. The molecular formula is C19H20FNO3. The Bertz CT molecular complexity index is 717. The third kappa shape index (κ3) is 3.57. The molecule has 2 atom stereocenters. The van der Waals surface area contributed by atoms with Crippen molar-refractivity contribution in [3.05, 3.63) is 65.5 Å². The lowest BCUT2D eigenvalue weighted by Gasteiger charge is -2.25. The van der Waals surface area contributed by atoms with Gasteiger partial charge in [-0.25, -0.2) is 4.39 Å². The van der Waals surface area contributed by atoms with Crippen molar-refractivity contribution in [1.82, 2.24) is 4.90 Å². The van der Waals surface area contributed by atoms with Gasteiger partial charge in [-0.2, -0.15) is 0 Å². The van der Waals surface area contributed by atoms with Gasteiger partial charge in [0, 0.05) is 6.54 Å². The second-order valence-corrected chi connectivity index (χ2v) is 6.03. The van der Waals surface area contributed by atoms with E-state index in [4.69, 9.17) is 4.74 Å². The predicted octanol–water partition coefficient (Wildman–Crippen LogP) is 2.71. The Hall–Kier alpha value is -2.40. The molecule has 0 bridgehead atoms. The topological polar surface area (TPSA) is 49.8 Å². The zero-order valence-corrected chi connectivity index (χ0v) is 13.5. The molecule has 4 nitrogen and oxygen atoms in total. The second kappa shape index (κ2) is 7.01. The predicted molar refractivity (Wildman–Crippen MR) is 88.2 cm³/mol. The van der Waals surface area contributed by atoms with Crippen molar-refractivity contribution < 1.29 is 19.0 Å². The number of likely N-dealkylation sites (tertiary alicyclic amines) is 1. The Balaban J connectivity index is 1.79. The Morgan fingerprint density at radius 3 is 2.75 bits per heavy atom. The number of aliphatic hydroxyl groups is 1. The van der Waals surface area contributed by atoms with Gasteiger partial charge >= 0.3 is 0 Å². The maximum absolute atomic E-state index is 13.0. The van der Waals surface area contributed by atoms with Crippen molar-refractivity contribution in [3.63, 3.8) is 0 Å². The van der Waals surface area contributed by atoms with E-state index in [1.807, 2.05) is 24.3 Å². The van der Waals surface area contributed by atoms with Crippen LogP contribution >= 0.6 is 0 Å². The number of rotatable bonds is 4. The molecule has 0 radical (unpaired) electrons. The summed E-state index contributed by atoms with van der Waals surface area (Å²) in [5.41, 5.74) is 1.70. The van der Waals surface area contributed by atoms with Crippen LogP contribution in [-0.4, -0.2) is 35.7 Å². The number of carbonyl (C=O) groups excluding carboxylic acids is 1. The SMILES string of the molecule is COc1cccc([C@H]2C[C@H](O)CN2C(=O)Cc2ccc(F)cc2)c1. The molecule has 0 saturated carbocycles. The van der Waals surface area contributed by atoms with E-state index in [-0.39, 0.29) is 24.2 Å². The average molecular weight is 329 g/mol. The van der Waals surface area contributed by atoms with Crippen LogP contribution < -0.4 is 4.74 Å². The van der Waals surface area contributed by atoms with Gasteiger partial charge in [0.05, 0.1) is 25.7 Å². The summed E-state index contributed by atoms with van der Waals surface area (Å²) < 4.78 is 18.2. The van der Waals surface area contributed by atoms with Crippen LogP contribution in [0, 0.1) is 5.82 Å². The molecule has 2 aromatic rings. The van der Waals surface area contributed by atoms with Crippen LogP contribution in [0.25, 0.3) is 0 Å². The van der Waals surface area contributed by atoms with Crippen LogP contribution in [0.3, 0.4) is 0 Å². The summed E-state index contributed by atoms with van der Waals surface area (Å²) >= 11 is 0. The lowest BCUT2D eigenvalue weighted by atomic mass is 10.0. The minimum Gasteiger partial charge on any atom is -0.497 e. The van der Waals surface area contributed by atoms with Crippen LogP contribution in [0.4, 0.5) is 4.39 Å². The van der Waals surface area contributed by atoms with Crippen molar-refractivity contribution >= 4 is 5.91 Å². The van der Waals surface area contributed by atoms with Gasteiger partial charge in [0.2, 0.25) is 5.91 Å². The standard InChI is InChI=1S/C19H20FNO3/c1-24-17-4-2-3-14(10-17)18-11-16(22)12-21(18)19(23)9-13-5-7-15(20)8-6-13/h2-8,10,16,18,22H,9,11-12H2,1H3/t16-,18+/m0/s1. The summed E-state index contributed by atoms with van der Waals surface area (Å²) in [6, 6.07) is 13.3. The molecule has 1 amide bonds. The largest absolute Gasteiger partial charge is 0.497 e. The van der Waals surface area contributed by atoms with Gasteiger partial charge in [0.1, 0.15) is 11.6 Å². The Morgan fingerprint density at radius 1 is 1.29 bits per heavy atom. The summed E-state index contributed by atoms with van der Waals surface area (Å²) in [5, 5.41) is 10.0. The van der Waals surface area contributed by atoms with Crippen molar-refractivity contribution in [2.45, 2.75) is 25.0 Å². The monoisotopic (exact) mass is 329 g/mol. The molecule has 1 heterocycles. The van der Waals surface area contributed by atoms with E-state index in [1.165, 1.54) is 12.1 Å². The van der Waals surface area contributed by atoms with Crippen molar-refractivity contribution in [2.24, 2.45) is 0 Å². The highest BCUT2D eigenvalue weighted by Gasteiger charge is 2.35. The number of halogens is 1. The smallest absolute Gasteiger partial charge is 0.227 e. The second-order valence-electron chi connectivity index (χ2n) is 6.03. The molecule has 5 heteroatoms. The molecule has 126 valence electrons. The molecule has 0 aromatic heterocycles. The number of nitrogens with zero attached hydrogens (tertiary/aromatic N) is 1. The number of carbonyl (C=O) groups is 1. The van der Waals surface area contributed by atoms with Gasteiger partial charge in [-0.15, -0.1) is 0 Å². The number of β-amino-alcohol motifs (C(OH)–C–C–N with tert-alkyl or cyclic N) is 1. The average Bonchev–Trinajstić information content (AvgIpc) is 2.99. The first kappa shape index (κ1) is 16.5. The fourth-order valence-corrected chi connectivity index (χ4v) is 3.13. The number of ether oxygens (including phenoxy) is 1. The summed E-state index contributed by atoms with van der Waals surface area (Å²) in [6.07, 6.45) is 0.147. The van der Waals surface area contributed by atoms with Crippen LogP contribution in [0.2, 0.25) is 0 Å². The quantitative estimate of drug-likeness (QED) is 0.938. The molecular weight excluding hydrogens is 309 g/mol. The molecule has 1 aliphatic heterocycles. The van der Waals surface area contributed by atoms with Crippen LogP contribution in [0.15, 0.2) is 48.5 Å². The van der Waals surface area contributed by atoms with Gasteiger partial charge in [-0.1, -0.05) is 24.3 Å². The van der Waals surface area contributed by atoms with Gasteiger partial charge < -0.3 is 14.7 Å². The van der Waals surface area contributed by atoms with E-state index in [0.29, 0.717) is 13.0 Å². The van der Waals surface area contributed by atoms with E-state index in [2.05, 4.69) is 0 Å². The summed E-state index contributed by atoms with van der Waals surface area (Å²) in [6.45, 7) is 0.307. The Morgan fingerprint density at radius 2 is 2.04 bits per heavy atom. The van der Waals surface area contributed by atoms with Gasteiger partial charge in [-0.05, 0) is 41.8 Å². The van der Waals surface area contributed by atoms with Crippen LogP contribution in [0.1, 0.15) is 23.6 Å². The zero-order valence-electron chi connectivity index (χ0n) is 13.5. The molecule has 1 saturated heterocycles. The van der Waals surface area contributed by atoms with E-state index in [1.54, 1.807) is 24.1 Å². The number of hydrogen-bond donors (Lipinski definition) is 1. The van der Waals surface area contributed by atoms with Crippen LogP contribution in [-0.2, 0) is 11.2 Å². The molecule has 1 fully saturated rings. The zero-order chi connectivity index (χ0) is 17.1. The first-order chi connectivity index (χ1) is 11.6. The normalized spacial score (nSPS) is 20.2. The number of aliphatic hydroxyl groups excluding tert-OH is 1. The highest BCUT2D eigenvalue weighted by Crippen LogP contribution is 2.34. The first-order valence-corrected chi connectivity index (χ1v) is 7.92. The molecule has 0 unspecified atom stereocenters. The van der Waals surface area contributed by atoms with Crippen LogP contribution in [0.5, 0.6) is 5.75 Å². The highest BCUT2D eigenvalue weighted by atomic mass is 19.1. The number of hydrogen-bond acceptors (Lipinski definition) is 3. The molecule has 2 aromatic carbocycles. The molecule has 1 aliphatic rings. The maximum atomic E-state index is 13.0. The lowest BCUT2D eigenvalue weighted by molar-refractivity contribution is -0.131. The minimum absolute atomic E-state index is 0.0778. The van der Waals surface area contributed by atoms with E-state index in [0.717, 1.165) is 16.9 Å². The van der Waals surface area contributed by atoms with Crippen molar-refractivity contribution in [2.75, 3.05) is 13.7 Å². The fourth-order valence-electron chi connectivity index (χ4n) is 3.13. The fraction of sp³-hybridized carbons (Fsp3) is 0.316. The Labute approximate surface area is 140 Å². The molecule has 3 rings (SSSR count). The van der Waals surface area contributed by atoms with Crippen molar-refractivity contribution in [1.29, 1.82) is 0 Å². The molecule has 1 N–H and O–H groups in total. The summed E-state index contributed by atoms with van der Waals surface area (Å²) in [4.78, 5) is 14.4. The van der Waals surface area contributed by atoms with Gasteiger partial charge in [0.15, 0.2) is 0 Å². The summed E-state index contributed by atoms with van der Waals surface area (Å²) in [5.74, 6) is 0.322. The number of methoxy groups -OCH3 is 1. The summed E-state index contributed by atoms with van der Waals surface area (Å²) in [7, 11) is 1.60. The Kier molecular flexibility index (Phi) is 4.81. The van der Waals surface area contributed by atoms with E-state index >= 15 is 0 Å². The van der Waals surface area contributed by atoms with Crippen molar-refractivity contribution in [3.8, 4) is 5.75 Å². The van der Waals surface area contributed by atoms with Gasteiger partial charge in [-0.3, -0.25) is 4.79 Å². The number of benzene rings is 2. The van der Waals surface area contributed by atoms with Gasteiger partial charge in [0.25, 0.3) is 0 Å². The molecule has 0 spiro atoms. The molecule has 24 heavy (non-hydrogen) atoms. The lowest BCUT2D eigenvalue weighted by Crippen LogP contribution is -2.33. The number of amides is 1. The maximum Gasteiger partial charge on any atom is 0.227 e.